The van der Waals surface area contributed by atoms with Crippen molar-refractivity contribution in [3.05, 3.63) is 39.7 Å². The Morgan fingerprint density at radius 3 is 2.83 bits per heavy atom. The summed E-state index contributed by atoms with van der Waals surface area (Å²) in [6.07, 6.45) is 1.56. The maximum Gasteiger partial charge on any atom is 0.511 e. The molecule has 1 aromatic heterocycles. The van der Waals surface area contributed by atoms with Crippen molar-refractivity contribution in [3.63, 3.8) is 0 Å². The van der Waals surface area contributed by atoms with E-state index in [-0.39, 0.29) is 12.4 Å². The molecule has 1 unspecified atom stereocenters. The van der Waals surface area contributed by atoms with Crippen LogP contribution in [0.15, 0.2) is 23.0 Å². The van der Waals surface area contributed by atoms with Crippen LogP contribution in [0.1, 0.15) is 24.0 Å². The predicted octanol–water partition coefficient (Wildman–Crippen LogP) is 2.51. The summed E-state index contributed by atoms with van der Waals surface area (Å²) in [6, 6.07) is 6.64. The van der Waals surface area contributed by atoms with Crippen molar-refractivity contribution in [3.8, 4) is 22.8 Å². The van der Waals surface area contributed by atoms with E-state index in [0.29, 0.717) is 23.7 Å². The summed E-state index contributed by atoms with van der Waals surface area (Å²) >= 11 is 0. The zero-order valence-electron chi connectivity index (χ0n) is 16.0. The number of rotatable bonds is 3. The minimum atomic E-state index is -1.63. The smallest absolute Gasteiger partial charge is 0.504 e. The minimum absolute atomic E-state index is 0. The molecule has 0 radical (unpaired) electrons. The number of aromatic nitrogens is 1. The normalized spacial score (nSPS) is 17.7. The molecule has 0 spiro atoms. The van der Waals surface area contributed by atoms with Gasteiger partial charge in [-0.25, -0.2) is 4.79 Å². The summed E-state index contributed by atoms with van der Waals surface area (Å²) in [4.78, 5) is 28.2. The van der Waals surface area contributed by atoms with Crippen molar-refractivity contribution in [2.24, 2.45) is 0 Å². The van der Waals surface area contributed by atoms with Gasteiger partial charge in [0.15, 0.2) is 5.75 Å². The molecule has 0 bridgehead atoms. The number of ether oxygens (including phenoxy) is 1. The quantitative estimate of drug-likeness (QED) is 0.563. The number of halogens is 1. The molecule has 0 amide bonds. The van der Waals surface area contributed by atoms with Gasteiger partial charge in [0.2, 0.25) is 5.75 Å². The van der Waals surface area contributed by atoms with Crippen LogP contribution >= 0.6 is 12.4 Å². The molecule has 2 aromatic rings. The van der Waals surface area contributed by atoms with Crippen LogP contribution in [-0.4, -0.2) is 47.5 Å². The fourth-order valence-electron chi connectivity index (χ4n) is 4.18. The van der Waals surface area contributed by atoms with E-state index in [1.807, 2.05) is 19.2 Å². The summed E-state index contributed by atoms with van der Waals surface area (Å²) in [7, 11) is 1.98. The van der Waals surface area contributed by atoms with Crippen molar-refractivity contribution in [2.45, 2.75) is 31.7 Å². The van der Waals surface area contributed by atoms with Crippen molar-refractivity contribution in [2.75, 3.05) is 25.0 Å². The molecule has 1 saturated heterocycles. The van der Waals surface area contributed by atoms with Crippen LogP contribution in [0.2, 0.25) is 0 Å². The number of fused-ring (bicyclic) bond motifs is 3. The largest absolute Gasteiger partial charge is 0.511 e. The van der Waals surface area contributed by atoms with Gasteiger partial charge in [-0.15, -0.1) is 12.4 Å². The molecule has 1 atom stereocenters. The van der Waals surface area contributed by atoms with Gasteiger partial charge < -0.3 is 30.2 Å². The highest BCUT2D eigenvalue weighted by Gasteiger charge is 2.26. The number of carboxylic acid groups (broad SMARTS) is 1. The van der Waals surface area contributed by atoms with Crippen LogP contribution in [0, 0.1) is 0 Å². The number of likely N-dealkylation sites (N-methyl/N-ethyl adjacent to an activating group) is 1. The highest BCUT2D eigenvalue weighted by atomic mass is 35.5. The van der Waals surface area contributed by atoms with E-state index in [4.69, 9.17) is 5.11 Å². The Kier molecular flexibility index (Phi) is 6.04. The van der Waals surface area contributed by atoms with E-state index in [1.165, 1.54) is 0 Å². The maximum atomic E-state index is 12.3. The zero-order chi connectivity index (χ0) is 19.8. The SMILES string of the molecule is CNC1CCN(c2ccc3c(c2)CCCc2c-3[nH]c(=O)c(OC(=O)O)c2O)C1.Cl. The lowest BCUT2D eigenvalue weighted by atomic mass is 10.00. The molecule has 1 aliphatic heterocycles. The Morgan fingerprint density at radius 2 is 2.14 bits per heavy atom. The predicted molar refractivity (Wildman–Crippen MR) is 112 cm³/mol. The summed E-state index contributed by atoms with van der Waals surface area (Å²) in [5.74, 6) is -0.962. The highest BCUT2D eigenvalue weighted by Crippen LogP contribution is 2.39. The molecule has 1 fully saturated rings. The zero-order valence-corrected chi connectivity index (χ0v) is 16.8. The number of aromatic hydroxyl groups is 1. The third-order valence-electron chi connectivity index (χ3n) is 5.63. The van der Waals surface area contributed by atoms with Gasteiger partial charge in [0.1, 0.15) is 0 Å². The average molecular weight is 422 g/mol. The number of carbonyl (C=O) groups is 1. The van der Waals surface area contributed by atoms with Gasteiger partial charge in [0.05, 0.1) is 5.69 Å². The van der Waals surface area contributed by atoms with Gasteiger partial charge >= 0.3 is 6.16 Å². The van der Waals surface area contributed by atoms with Gasteiger partial charge in [-0.2, -0.15) is 0 Å². The van der Waals surface area contributed by atoms with E-state index < -0.39 is 23.2 Å². The first kappa shape index (κ1) is 21.0. The molecule has 2 heterocycles. The van der Waals surface area contributed by atoms with Crippen molar-refractivity contribution < 1.29 is 19.7 Å². The Balaban J connectivity index is 0.00000240. The molecule has 29 heavy (non-hydrogen) atoms. The Labute approximate surface area is 173 Å². The van der Waals surface area contributed by atoms with Crippen LogP contribution in [-0.2, 0) is 12.8 Å². The molecule has 1 aliphatic carbocycles. The Hall–Kier alpha value is -2.71. The molecule has 1 aromatic carbocycles. The number of pyridine rings is 1. The number of nitrogens with zero attached hydrogens (tertiary/aromatic N) is 1. The Morgan fingerprint density at radius 1 is 1.34 bits per heavy atom. The van der Waals surface area contributed by atoms with Crippen LogP contribution in [0.4, 0.5) is 10.5 Å². The number of hydrogen-bond donors (Lipinski definition) is 4. The van der Waals surface area contributed by atoms with Crippen LogP contribution in [0.5, 0.6) is 11.5 Å². The third-order valence-corrected chi connectivity index (χ3v) is 5.63. The topological polar surface area (TPSA) is 115 Å². The lowest BCUT2D eigenvalue weighted by Gasteiger charge is -2.21. The van der Waals surface area contributed by atoms with Crippen molar-refractivity contribution in [1.82, 2.24) is 10.3 Å². The van der Waals surface area contributed by atoms with Gasteiger partial charge in [0, 0.05) is 35.9 Å². The molecular weight excluding hydrogens is 398 g/mol. The second kappa shape index (κ2) is 8.34. The van der Waals surface area contributed by atoms with E-state index >= 15 is 0 Å². The molecule has 4 rings (SSSR count). The fraction of sp³-hybridized carbons (Fsp3) is 0.400. The first-order valence-electron chi connectivity index (χ1n) is 9.42. The second-order valence-corrected chi connectivity index (χ2v) is 7.27. The summed E-state index contributed by atoms with van der Waals surface area (Å²) in [5.41, 5.74) is 3.40. The van der Waals surface area contributed by atoms with E-state index in [1.54, 1.807) is 0 Å². The molecule has 0 saturated carbocycles. The van der Waals surface area contributed by atoms with Crippen LogP contribution in [0.3, 0.4) is 0 Å². The molecule has 156 valence electrons. The minimum Gasteiger partial charge on any atom is -0.504 e. The molecule has 2 aliphatic rings. The lowest BCUT2D eigenvalue weighted by molar-refractivity contribution is 0.142. The first-order valence-corrected chi connectivity index (χ1v) is 9.42. The number of aromatic amines is 1. The number of aryl methyl sites for hydroxylation is 1. The Bertz CT molecular complexity index is 991. The maximum absolute atomic E-state index is 12.3. The van der Waals surface area contributed by atoms with Gasteiger partial charge in [-0.1, -0.05) is 6.07 Å². The highest BCUT2D eigenvalue weighted by molar-refractivity contribution is 5.85. The van der Waals surface area contributed by atoms with E-state index in [9.17, 15) is 14.7 Å². The molecule has 4 N–H and O–H groups in total. The number of hydrogen-bond acceptors (Lipinski definition) is 6. The number of H-pyrrole nitrogens is 1. The van der Waals surface area contributed by atoms with Crippen LogP contribution in [0.25, 0.3) is 11.3 Å². The summed E-state index contributed by atoms with van der Waals surface area (Å²) in [5, 5.41) is 22.6. The van der Waals surface area contributed by atoms with Gasteiger partial charge in [-0.05, 0) is 50.4 Å². The molecule has 8 nitrogen and oxygen atoms in total. The summed E-state index contributed by atoms with van der Waals surface area (Å²) in [6.45, 7) is 1.95. The third kappa shape index (κ3) is 3.90. The summed E-state index contributed by atoms with van der Waals surface area (Å²) < 4.78 is 4.49. The van der Waals surface area contributed by atoms with Crippen molar-refractivity contribution >= 4 is 24.2 Å². The van der Waals surface area contributed by atoms with E-state index in [0.717, 1.165) is 49.2 Å². The van der Waals surface area contributed by atoms with E-state index in [2.05, 4.69) is 26.0 Å². The van der Waals surface area contributed by atoms with Crippen molar-refractivity contribution in [1.29, 1.82) is 0 Å². The van der Waals surface area contributed by atoms with Gasteiger partial charge in [0.25, 0.3) is 5.56 Å². The standard InChI is InChI=1S/C20H23N3O5.ClH/c1-21-12-7-8-23(10-12)13-5-6-14-11(9-13)3-2-4-15-16(14)22-19(25)18(17(15)24)28-20(26)27;/h5-6,9,12,21H,2-4,7-8,10H2,1H3,(H,26,27)(H2,22,24,25);1H. The average Bonchev–Trinajstić information content (AvgIpc) is 3.08. The van der Waals surface area contributed by atoms with Gasteiger partial charge in [-0.3, -0.25) is 4.79 Å². The second-order valence-electron chi connectivity index (χ2n) is 7.27. The molecular formula is C20H24ClN3O5. The first-order chi connectivity index (χ1) is 13.5. The molecule has 9 heteroatoms. The van der Waals surface area contributed by atoms with Crippen LogP contribution < -0.4 is 20.5 Å². The number of benzene rings is 1. The number of anilines is 1. The monoisotopic (exact) mass is 421 g/mol. The number of nitrogens with one attached hydrogen (secondary N) is 2. The lowest BCUT2D eigenvalue weighted by Crippen LogP contribution is -2.29. The fourth-order valence-corrected chi connectivity index (χ4v) is 4.18.